The Kier molecular flexibility index (Phi) is 5.15. The Labute approximate surface area is 119 Å². The van der Waals surface area contributed by atoms with Crippen LogP contribution in [0.25, 0.3) is 0 Å². The van der Waals surface area contributed by atoms with Crippen LogP contribution in [0.15, 0.2) is 18.7 Å². The molecule has 2 rings (SSSR count). The van der Waals surface area contributed by atoms with E-state index in [1.807, 2.05) is 17.7 Å². The molecule has 0 saturated carbocycles. The summed E-state index contributed by atoms with van der Waals surface area (Å²) < 4.78 is 1.92. The largest absolute Gasteiger partial charge is 0.350 e. The lowest BCUT2D eigenvalue weighted by Crippen LogP contribution is -2.44. The van der Waals surface area contributed by atoms with Gasteiger partial charge in [-0.05, 0) is 19.8 Å². The number of likely N-dealkylation sites (tertiary alicyclic amines) is 1. The van der Waals surface area contributed by atoms with Crippen molar-refractivity contribution in [3.63, 3.8) is 0 Å². The standard InChI is InChI=1S/C14H22N4O2/c1-12(9-17-8-6-15-11-17)16-13(19)10-18-7-4-2-3-5-14(18)20/h6,8,11-12H,2-5,7,9-10H2,1H3,(H,16,19)/t12-/m1/s1. The van der Waals surface area contributed by atoms with Crippen LogP contribution in [-0.4, -0.2) is 45.4 Å². The molecule has 110 valence electrons. The molecule has 6 heteroatoms. The quantitative estimate of drug-likeness (QED) is 0.866. The van der Waals surface area contributed by atoms with Gasteiger partial charge in [-0.15, -0.1) is 0 Å². The van der Waals surface area contributed by atoms with E-state index in [1.165, 1.54) is 0 Å². The number of imidazole rings is 1. The Hall–Kier alpha value is -1.85. The molecule has 0 unspecified atom stereocenters. The Balaban J connectivity index is 1.77. The van der Waals surface area contributed by atoms with Gasteiger partial charge in [0.15, 0.2) is 0 Å². The summed E-state index contributed by atoms with van der Waals surface area (Å²) in [4.78, 5) is 29.4. The fourth-order valence-corrected chi connectivity index (χ4v) is 2.46. The van der Waals surface area contributed by atoms with Crippen LogP contribution >= 0.6 is 0 Å². The van der Waals surface area contributed by atoms with Gasteiger partial charge >= 0.3 is 0 Å². The molecule has 1 N–H and O–H groups in total. The molecule has 1 aliphatic rings. The van der Waals surface area contributed by atoms with Crippen LogP contribution in [0, 0.1) is 0 Å². The smallest absolute Gasteiger partial charge is 0.239 e. The van der Waals surface area contributed by atoms with Crippen LogP contribution in [0.5, 0.6) is 0 Å². The van der Waals surface area contributed by atoms with Crippen LogP contribution in [0.3, 0.4) is 0 Å². The molecule has 1 saturated heterocycles. The van der Waals surface area contributed by atoms with E-state index in [0.29, 0.717) is 19.5 Å². The van der Waals surface area contributed by atoms with Crippen LogP contribution in [0.4, 0.5) is 0 Å². The molecular formula is C14H22N4O2. The summed E-state index contributed by atoms with van der Waals surface area (Å²) in [7, 11) is 0. The van der Waals surface area contributed by atoms with Gasteiger partial charge in [-0.25, -0.2) is 4.98 Å². The van der Waals surface area contributed by atoms with Gasteiger partial charge in [-0.2, -0.15) is 0 Å². The normalized spacial score (nSPS) is 17.6. The van der Waals surface area contributed by atoms with E-state index in [0.717, 1.165) is 19.3 Å². The van der Waals surface area contributed by atoms with Crippen molar-refractivity contribution in [2.75, 3.05) is 13.1 Å². The molecule has 20 heavy (non-hydrogen) atoms. The highest BCUT2D eigenvalue weighted by Gasteiger charge is 2.19. The summed E-state index contributed by atoms with van der Waals surface area (Å²) in [6, 6.07) is 0.0128. The van der Waals surface area contributed by atoms with E-state index >= 15 is 0 Å². The summed E-state index contributed by atoms with van der Waals surface area (Å²) in [5.41, 5.74) is 0. The number of nitrogens with zero attached hydrogens (tertiary/aromatic N) is 3. The number of aromatic nitrogens is 2. The molecule has 0 bridgehead atoms. The van der Waals surface area contributed by atoms with E-state index < -0.39 is 0 Å². The molecule has 2 heterocycles. The number of amides is 2. The lowest BCUT2D eigenvalue weighted by Gasteiger charge is -2.21. The monoisotopic (exact) mass is 278 g/mol. The number of carbonyl (C=O) groups excluding carboxylic acids is 2. The lowest BCUT2D eigenvalue weighted by molar-refractivity contribution is -0.135. The predicted molar refractivity (Wildman–Crippen MR) is 74.9 cm³/mol. The first kappa shape index (κ1) is 14.6. The SMILES string of the molecule is C[C@H](Cn1ccnc1)NC(=O)CN1CCCCCC1=O. The molecule has 0 aromatic carbocycles. The van der Waals surface area contributed by atoms with E-state index in [4.69, 9.17) is 0 Å². The van der Waals surface area contributed by atoms with E-state index in [9.17, 15) is 9.59 Å². The van der Waals surface area contributed by atoms with Crippen molar-refractivity contribution >= 4 is 11.8 Å². The summed E-state index contributed by atoms with van der Waals surface area (Å²) in [6.45, 7) is 3.50. The topological polar surface area (TPSA) is 67.2 Å². The Morgan fingerprint density at radius 3 is 3.05 bits per heavy atom. The van der Waals surface area contributed by atoms with Crippen molar-refractivity contribution in [1.82, 2.24) is 19.8 Å². The average molecular weight is 278 g/mol. The predicted octanol–water partition coefficient (Wildman–Crippen LogP) is 0.790. The summed E-state index contributed by atoms with van der Waals surface area (Å²) in [5.74, 6) is 0.00720. The number of hydrogen-bond acceptors (Lipinski definition) is 3. The molecule has 1 aliphatic heterocycles. The maximum absolute atomic E-state index is 12.0. The van der Waals surface area contributed by atoms with E-state index in [2.05, 4.69) is 10.3 Å². The fourth-order valence-electron chi connectivity index (χ4n) is 2.46. The Bertz CT molecular complexity index is 444. The van der Waals surface area contributed by atoms with Gasteiger partial charge in [0.05, 0.1) is 12.9 Å². The van der Waals surface area contributed by atoms with Crippen LogP contribution < -0.4 is 5.32 Å². The summed E-state index contributed by atoms with van der Waals surface area (Å²) >= 11 is 0. The number of carbonyl (C=O) groups is 2. The fraction of sp³-hybridized carbons (Fsp3) is 0.643. The second-order valence-corrected chi connectivity index (χ2v) is 5.35. The number of rotatable bonds is 5. The number of nitrogens with one attached hydrogen (secondary N) is 1. The van der Waals surface area contributed by atoms with Crippen LogP contribution in [0.1, 0.15) is 32.6 Å². The van der Waals surface area contributed by atoms with Gasteiger partial charge in [0.2, 0.25) is 11.8 Å². The zero-order chi connectivity index (χ0) is 14.4. The first-order valence-corrected chi connectivity index (χ1v) is 7.18. The Morgan fingerprint density at radius 1 is 1.45 bits per heavy atom. The first-order chi connectivity index (χ1) is 9.65. The molecule has 1 fully saturated rings. The minimum atomic E-state index is -0.0899. The third-order valence-corrected chi connectivity index (χ3v) is 3.46. The number of hydrogen-bond donors (Lipinski definition) is 1. The van der Waals surface area contributed by atoms with Gasteiger partial charge in [-0.1, -0.05) is 6.42 Å². The zero-order valence-corrected chi connectivity index (χ0v) is 11.9. The van der Waals surface area contributed by atoms with Crippen LogP contribution in [0.2, 0.25) is 0 Å². The van der Waals surface area contributed by atoms with Gasteiger partial charge in [-0.3, -0.25) is 9.59 Å². The molecule has 6 nitrogen and oxygen atoms in total. The highest BCUT2D eigenvalue weighted by molar-refractivity contribution is 5.85. The molecule has 1 aromatic rings. The molecule has 0 spiro atoms. The van der Waals surface area contributed by atoms with Crippen molar-refractivity contribution in [3.8, 4) is 0 Å². The van der Waals surface area contributed by atoms with Crippen LogP contribution in [-0.2, 0) is 16.1 Å². The summed E-state index contributed by atoms with van der Waals surface area (Å²) in [5, 5.41) is 2.92. The first-order valence-electron chi connectivity index (χ1n) is 7.18. The van der Waals surface area contributed by atoms with Crippen molar-refractivity contribution in [3.05, 3.63) is 18.7 Å². The molecule has 2 amide bonds. The van der Waals surface area contributed by atoms with E-state index in [-0.39, 0.29) is 24.4 Å². The molecule has 1 atom stereocenters. The average Bonchev–Trinajstić information content (AvgIpc) is 2.81. The molecule has 0 aliphatic carbocycles. The molecule has 1 aromatic heterocycles. The van der Waals surface area contributed by atoms with E-state index in [1.54, 1.807) is 17.4 Å². The van der Waals surface area contributed by atoms with Gasteiger partial charge < -0.3 is 14.8 Å². The highest BCUT2D eigenvalue weighted by Crippen LogP contribution is 2.10. The van der Waals surface area contributed by atoms with Gasteiger partial charge in [0, 0.05) is 37.9 Å². The summed E-state index contributed by atoms with van der Waals surface area (Å²) in [6.07, 6.45) is 8.86. The second kappa shape index (κ2) is 7.07. The van der Waals surface area contributed by atoms with Gasteiger partial charge in [0.1, 0.15) is 0 Å². The maximum Gasteiger partial charge on any atom is 0.239 e. The van der Waals surface area contributed by atoms with Gasteiger partial charge in [0.25, 0.3) is 0 Å². The molecule has 0 radical (unpaired) electrons. The minimum absolute atomic E-state index is 0.0128. The lowest BCUT2D eigenvalue weighted by atomic mass is 10.2. The van der Waals surface area contributed by atoms with Crippen molar-refractivity contribution in [1.29, 1.82) is 0 Å². The highest BCUT2D eigenvalue weighted by atomic mass is 16.2. The third kappa shape index (κ3) is 4.36. The van der Waals surface area contributed by atoms with Crippen molar-refractivity contribution in [2.24, 2.45) is 0 Å². The third-order valence-electron chi connectivity index (χ3n) is 3.46. The van der Waals surface area contributed by atoms with Crippen molar-refractivity contribution in [2.45, 2.75) is 45.2 Å². The second-order valence-electron chi connectivity index (χ2n) is 5.35. The maximum atomic E-state index is 12.0. The zero-order valence-electron chi connectivity index (χ0n) is 11.9. The Morgan fingerprint density at radius 2 is 2.30 bits per heavy atom. The minimum Gasteiger partial charge on any atom is -0.350 e. The van der Waals surface area contributed by atoms with Crippen molar-refractivity contribution < 1.29 is 9.59 Å². The molecular weight excluding hydrogens is 256 g/mol.